The first-order valence-corrected chi connectivity index (χ1v) is 8.15. The first-order valence-electron chi connectivity index (χ1n) is 8.15. The standard InChI is InChI=1S/C19H31NO3/c1-13(21)16(18(2,3)4)12-14-9-8-10-15(11-14)20-17(22)23-19(5,6)7/h8-11,13,16,21H,12H2,1-7H3,(H,20,22). The molecule has 2 unspecified atom stereocenters. The number of benzene rings is 1. The molecular weight excluding hydrogens is 290 g/mol. The Balaban J connectivity index is 2.82. The van der Waals surface area contributed by atoms with Crippen molar-refractivity contribution in [2.45, 2.75) is 66.6 Å². The normalized spacial score (nSPS) is 15.0. The minimum absolute atomic E-state index is 0.00274. The minimum Gasteiger partial charge on any atom is -0.444 e. The molecule has 0 bridgehead atoms. The number of amides is 1. The molecule has 0 heterocycles. The van der Waals surface area contributed by atoms with Crippen LogP contribution in [0.4, 0.5) is 10.5 Å². The SMILES string of the molecule is CC(O)C(Cc1cccc(NC(=O)OC(C)(C)C)c1)C(C)(C)C. The number of hydrogen-bond donors (Lipinski definition) is 2. The fraction of sp³-hybridized carbons (Fsp3) is 0.632. The summed E-state index contributed by atoms with van der Waals surface area (Å²) in [6.07, 6.45) is -0.0969. The van der Waals surface area contributed by atoms with Crippen molar-refractivity contribution < 1.29 is 14.6 Å². The van der Waals surface area contributed by atoms with Crippen molar-refractivity contribution in [2.75, 3.05) is 5.32 Å². The first kappa shape index (κ1) is 19.5. The average molecular weight is 321 g/mol. The van der Waals surface area contributed by atoms with Crippen molar-refractivity contribution in [1.29, 1.82) is 0 Å². The highest BCUT2D eigenvalue weighted by Gasteiger charge is 2.28. The molecule has 0 aliphatic carbocycles. The van der Waals surface area contributed by atoms with Gasteiger partial charge in [0.1, 0.15) is 5.60 Å². The van der Waals surface area contributed by atoms with Crippen LogP contribution >= 0.6 is 0 Å². The van der Waals surface area contributed by atoms with E-state index in [0.29, 0.717) is 5.69 Å². The lowest BCUT2D eigenvalue weighted by atomic mass is 9.74. The second kappa shape index (κ2) is 7.35. The molecule has 0 saturated carbocycles. The molecule has 4 nitrogen and oxygen atoms in total. The maximum absolute atomic E-state index is 11.9. The molecule has 0 spiro atoms. The summed E-state index contributed by atoms with van der Waals surface area (Å²) >= 11 is 0. The van der Waals surface area contributed by atoms with E-state index in [1.54, 1.807) is 0 Å². The van der Waals surface area contributed by atoms with Crippen LogP contribution in [0.5, 0.6) is 0 Å². The molecule has 23 heavy (non-hydrogen) atoms. The van der Waals surface area contributed by atoms with E-state index in [1.807, 2.05) is 52.0 Å². The van der Waals surface area contributed by atoms with E-state index < -0.39 is 17.8 Å². The number of carbonyl (C=O) groups is 1. The van der Waals surface area contributed by atoms with Gasteiger partial charge in [0.15, 0.2) is 0 Å². The van der Waals surface area contributed by atoms with E-state index in [1.165, 1.54) is 0 Å². The van der Waals surface area contributed by atoms with Gasteiger partial charge in [0, 0.05) is 5.69 Å². The van der Waals surface area contributed by atoms with Crippen LogP contribution < -0.4 is 5.32 Å². The van der Waals surface area contributed by atoms with Gasteiger partial charge in [-0.1, -0.05) is 32.9 Å². The van der Waals surface area contributed by atoms with Gasteiger partial charge in [0.05, 0.1) is 6.10 Å². The molecule has 0 fully saturated rings. The number of aliphatic hydroxyl groups excluding tert-OH is 1. The third-order valence-corrected chi connectivity index (χ3v) is 3.72. The lowest BCUT2D eigenvalue weighted by Crippen LogP contribution is -2.32. The molecule has 0 saturated heterocycles. The molecule has 1 rings (SSSR count). The highest BCUT2D eigenvalue weighted by Crippen LogP contribution is 2.32. The minimum atomic E-state index is -0.522. The van der Waals surface area contributed by atoms with Gasteiger partial charge in [-0.05, 0) is 63.1 Å². The molecule has 0 aliphatic heterocycles. The maximum Gasteiger partial charge on any atom is 0.412 e. The zero-order valence-electron chi connectivity index (χ0n) is 15.4. The molecular formula is C19H31NO3. The van der Waals surface area contributed by atoms with E-state index in [2.05, 4.69) is 26.1 Å². The van der Waals surface area contributed by atoms with Crippen LogP contribution in [0.25, 0.3) is 0 Å². The molecule has 1 aromatic carbocycles. The molecule has 1 aromatic rings. The van der Waals surface area contributed by atoms with Gasteiger partial charge in [-0.3, -0.25) is 5.32 Å². The van der Waals surface area contributed by atoms with Crippen LogP contribution in [0.2, 0.25) is 0 Å². The third-order valence-electron chi connectivity index (χ3n) is 3.72. The first-order chi connectivity index (χ1) is 10.4. The van der Waals surface area contributed by atoms with E-state index in [0.717, 1.165) is 12.0 Å². The Bertz CT molecular complexity index is 524. The lowest BCUT2D eigenvalue weighted by Gasteiger charge is -2.33. The summed E-state index contributed by atoms with van der Waals surface area (Å²) in [6.45, 7) is 13.7. The van der Waals surface area contributed by atoms with Crippen molar-refractivity contribution in [1.82, 2.24) is 0 Å². The summed E-state index contributed by atoms with van der Waals surface area (Å²) in [5.74, 6) is 0.138. The van der Waals surface area contributed by atoms with E-state index in [9.17, 15) is 9.90 Å². The van der Waals surface area contributed by atoms with E-state index >= 15 is 0 Å². The summed E-state index contributed by atoms with van der Waals surface area (Å²) in [6, 6.07) is 7.69. The lowest BCUT2D eigenvalue weighted by molar-refractivity contribution is 0.0562. The molecule has 0 radical (unpaired) electrons. The fourth-order valence-electron chi connectivity index (χ4n) is 2.65. The Morgan fingerprint density at radius 2 is 1.83 bits per heavy atom. The van der Waals surface area contributed by atoms with Crippen LogP contribution in [0.1, 0.15) is 54.0 Å². The smallest absolute Gasteiger partial charge is 0.412 e. The Hall–Kier alpha value is -1.55. The number of carbonyl (C=O) groups excluding carboxylic acids is 1. The van der Waals surface area contributed by atoms with Crippen LogP contribution in [0, 0.1) is 11.3 Å². The summed E-state index contributed by atoms with van der Waals surface area (Å²) < 4.78 is 5.27. The van der Waals surface area contributed by atoms with Gasteiger partial charge in [-0.25, -0.2) is 4.79 Å². The van der Waals surface area contributed by atoms with Gasteiger partial charge in [-0.15, -0.1) is 0 Å². The number of nitrogens with one attached hydrogen (secondary N) is 1. The van der Waals surface area contributed by atoms with Crippen molar-refractivity contribution >= 4 is 11.8 Å². The van der Waals surface area contributed by atoms with Crippen LogP contribution in [0.3, 0.4) is 0 Å². The molecule has 4 heteroatoms. The Kier molecular flexibility index (Phi) is 6.23. The molecule has 0 aromatic heterocycles. The Morgan fingerprint density at radius 1 is 1.22 bits per heavy atom. The number of anilines is 1. The third kappa shape index (κ3) is 7.04. The summed E-state index contributed by atoms with van der Waals surface area (Å²) in [5.41, 5.74) is 1.27. The molecule has 0 aliphatic rings. The second-order valence-corrected chi connectivity index (χ2v) is 8.24. The zero-order valence-corrected chi connectivity index (χ0v) is 15.4. The second-order valence-electron chi connectivity index (χ2n) is 8.24. The van der Waals surface area contributed by atoms with Gasteiger partial charge in [0.2, 0.25) is 0 Å². The highest BCUT2D eigenvalue weighted by atomic mass is 16.6. The Labute approximate surface area is 140 Å². The van der Waals surface area contributed by atoms with Gasteiger partial charge in [-0.2, -0.15) is 0 Å². The van der Waals surface area contributed by atoms with Crippen molar-refractivity contribution in [3.8, 4) is 0 Å². The fourth-order valence-corrected chi connectivity index (χ4v) is 2.65. The zero-order chi connectivity index (χ0) is 17.8. The summed E-state index contributed by atoms with van der Waals surface area (Å²) in [4.78, 5) is 11.9. The van der Waals surface area contributed by atoms with Crippen LogP contribution in [-0.2, 0) is 11.2 Å². The predicted molar refractivity (Wildman–Crippen MR) is 94.6 cm³/mol. The largest absolute Gasteiger partial charge is 0.444 e. The summed E-state index contributed by atoms with van der Waals surface area (Å²) in [7, 11) is 0. The number of ether oxygens (including phenoxy) is 1. The molecule has 130 valence electrons. The van der Waals surface area contributed by atoms with Crippen molar-refractivity contribution in [2.24, 2.45) is 11.3 Å². The molecule has 1 amide bonds. The van der Waals surface area contributed by atoms with Crippen molar-refractivity contribution in [3.05, 3.63) is 29.8 Å². The topological polar surface area (TPSA) is 58.6 Å². The van der Waals surface area contributed by atoms with Gasteiger partial charge in [0.25, 0.3) is 0 Å². The van der Waals surface area contributed by atoms with Crippen LogP contribution in [0.15, 0.2) is 24.3 Å². The highest BCUT2D eigenvalue weighted by molar-refractivity contribution is 5.84. The number of aliphatic hydroxyl groups is 1. The van der Waals surface area contributed by atoms with Crippen molar-refractivity contribution in [3.63, 3.8) is 0 Å². The summed E-state index contributed by atoms with van der Waals surface area (Å²) in [5, 5.41) is 12.8. The van der Waals surface area contributed by atoms with Crippen LogP contribution in [-0.4, -0.2) is 22.9 Å². The maximum atomic E-state index is 11.9. The van der Waals surface area contributed by atoms with E-state index in [-0.39, 0.29) is 11.3 Å². The predicted octanol–water partition coefficient (Wildman–Crippen LogP) is 4.62. The quantitative estimate of drug-likeness (QED) is 0.850. The number of hydrogen-bond acceptors (Lipinski definition) is 3. The van der Waals surface area contributed by atoms with E-state index in [4.69, 9.17) is 4.74 Å². The molecule has 2 atom stereocenters. The van der Waals surface area contributed by atoms with Gasteiger partial charge >= 0.3 is 6.09 Å². The monoisotopic (exact) mass is 321 g/mol. The Morgan fingerprint density at radius 3 is 2.30 bits per heavy atom. The molecule has 2 N–H and O–H groups in total. The average Bonchev–Trinajstić information content (AvgIpc) is 2.32. The van der Waals surface area contributed by atoms with Gasteiger partial charge < -0.3 is 9.84 Å². The number of rotatable bonds is 4.